The second kappa shape index (κ2) is 13.3. The van der Waals surface area contributed by atoms with E-state index in [1.807, 2.05) is 25.8 Å². The summed E-state index contributed by atoms with van der Waals surface area (Å²) < 4.78 is 5.54. The van der Waals surface area contributed by atoms with Crippen LogP contribution in [0.25, 0.3) is 0 Å². The number of hydrogen-bond donors (Lipinski definition) is 1. The lowest BCUT2D eigenvalue weighted by molar-refractivity contribution is -0.135. The zero-order valence-electron chi connectivity index (χ0n) is 19.1. The molecule has 0 atom stereocenters. The fourth-order valence-corrected chi connectivity index (χ4v) is 4.56. The van der Waals surface area contributed by atoms with Crippen LogP contribution >= 0.6 is 24.8 Å². The molecule has 178 valence electrons. The molecule has 2 N–H and O–H groups in total. The molecule has 1 aromatic heterocycles. The van der Waals surface area contributed by atoms with Crippen molar-refractivity contribution in [2.45, 2.75) is 71.3 Å². The average molecular weight is 476 g/mol. The number of piperidine rings is 1. The van der Waals surface area contributed by atoms with Crippen molar-refractivity contribution in [3.05, 3.63) is 11.4 Å². The van der Waals surface area contributed by atoms with E-state index in [2.05, 4.69) is 14.9 Å². The summed E-state index contributed by atoms with van der Waals surface area (Å²) in [6.07, 6.45) is 10.5. The standard InChI is InChI=1S/C22H37N5O2.2ClH/c1-16-21(23)17(2)25-22(24-16)29-15-20(28)26(3)19-10-13-27(14-11-19)12-9-18-7-5-4-6-8-18;;/h18-19H,4-15,23H2,1-3H3;2*1H. The molecule has 0 aromatic carbocycles. The highest BCUT2D eigenvalue weighted by molar-refractivity contribution is 5.85. The largest absolute Gasteiger partial charge is 0.453 e. The molecule has 0 radical (unpaired) electrons. The smallest absolute Gasteiger partial charge is 0.317 e. The summed E-state index contributed by atoms with van der Waals surface area (Å²) in [7, 11) is 1.88. The van der Waals surface area contributed by atoms with E-state index >= 15 is 0 Å². The van der Waals surface area contributed by atoms with E-state index < -0.39 is 0 Å². The van der Waals surface area contributed by atoms with E-state index in [4.69, 9.17) is 10.5 Å². The van der Waals surface area contributed by atoms with Crippen LogP contribution in [0, 0.1) is 19.8 Å². The van der Waals surface area contributed by atoms with Gasteiger partial charge in [-0.1, -0.05) is 32.1 Å². The Morgan fingerprint density at radius 3 is 2.23 bits per heavy atom. The molecule has 1 aliphatic heterocycles. The summed E-state index contributed by atoms with van der Waals surface area (Å²) in [5, 5.41) is 0. The SMILES string of the molecule is Cc1nc(OCC(=O)N(C)C2CCN(CCC3CCCCC3)CC2)nc(C)c1N.Cl.Cl. The first-order chi connectivity index (χ1) is 13.9. The zero-order chi connectivity index (χ0) is 20.8. The van der Waals surface area contributed by atoms with Gasteiger partial charge in [-0.3, -0.25) is 4.79 Å². The Kier molecular flexibility index (Phi) is 11.9. The van der Waals surface area contributed by atoms with Crippen molar-refractivity contribution in [1.82, 2.24) is 19.8 Å². The van der Waals surface area contributed by atoms with Crippen LogP contribution < -0.4 is 10.5 Å². The summed E-state index contributed by atoms with van der Waals surface area (Å²) in [5.41, 5.74) is 7.78. The Morgan fingerprint density at radius 2 is 1.65 bits per heavy atom. The van der Waals surface area contributed by atoms with Crippen LogP contribution in [-0.2, 0) is 4.79 Å². The Balaban J connectivity index is 0.00000240. The highest BCUT2D eigenvalue weighted by atomic mass is 35.5. The number of likely N-dealkylation sites (N-methyl/N-ethyl adjacent to an activating group) is 1. The third kappa shape index (κ3) is 7.95. The predicted molar refractivity (Wildman–Crippen MR) is 129 cm³/mol. The Bertz CT molecular complexity index is 669. The van der Waals surface area contributed by atoms with Gasteiger partial charge in [-0.05, 0) is 45.6 Å². The number of anilines is 1. The molecule has 0 bridgehead atoms. The van der Waals surface area contributed by atoms with Crippen molar-refractivity contribution in [2.24, 2.45) is 5.92 Å². The number of aryl methyl sites for hydroxylation is 2. The quantitative estimate of drug-likeness (QED) is 0.645. The van der Waals surface area contributed by atoms with E-state index in [1.54, 1.807) is 0 Å². The minimum absolute atomic E-state index is 0. The number of halogens is 2. The number of nitrogen functional groups attached to an aromatic ring is 1. The predicted octanol–water partition coefficient (Wildman–Crippen LogP) is 3.79. The number of nitrogens with two attached hydrogens (primary N) is 1. The Hall–Kier alpha value is -1.31. The van der Waals surface area contributed by atoms with Crippen molar-refractivity contribution >= 4 is 36.4 Å². The Morgan fingerprint density at radius 1 is 1.06 bits per heavy atom. The molecule has 2 aliphatic rings. The summed E-state index contributed by atoms with van der Waals surface area (Å²) in [6, 6.07) is 0.501. The van der Waals surface area contributed by atoms with Gasteiger partial charge in [0, 0.05) is 26.2 Å². The van der Waals surface area contributed by atoms with Crippen LogP contribution in [0.5, 0.6) is 6.01 Å². The van der Waals surface area contributed by atoms with Crippen LogP contribution in [0.15, 0.2) is 0 Å². The number of carbonyl (C=O) groups is 1. The number of likely N-dealkylation sites (tertiary alicyclic amines) is 1. The van der Waals surface area contributed by atoms with Gasteiger partial charge in [0.25, 0.3) is 5.91 Å². The molecule has 2 heterocycles. The van der Waals surface area contributed by atoms with Crippen LogP contribution in [0.2, 0.25) is 0 Å². The number of hydrogen-bond acceptors (Lipinski definition) is 6. The summed E-state index contributed by atoms with van der Waals surface area (Å²) in [4.78, 5) is 25.4. The average Bonchev–Trinajstić information content (AvgIpc) is 2.74. The van der Waals surface area contributed by atoms with Gasteiger partial charge in [0.2, 0.25) is 0 Å². The number of aromatic nitrogens is 2. The molecular weight excluding hydrogens is 437 g/mol. The lowest BCUT2D eigenvalue weighted by atomic mass is 9.87. The van der Waals surface area contributed by atoms with Crippen LogP contribution in [0.4, 0.5) is 5.69 Å². The van der Waals surface area contributed by atoms with Crippen molar-refractivity contribution in [1.29, 1.82) is 0 Å². The van der Waals surface area contributed by atoms with Crippen molar-refractivity contribution in [3.63, 3.8) is 0 Å². The maximum Gasteiger partial charge on any atom is 0.317 e. The fraction of sp³-hybridized carbons (Fsp3) is 0.773. The molecule has 1 saturated carbocycles. The monoisotopic (exact) mass is 475 g/mol. The summed E-state index contributed by atoms with van der Waals surface area (Å²) >= 11 is 0. The highest BCUT2D eigenvalue weighted by Gasteiger charge is 2.26. The molecule has 9 heteroatoms. The van der Waals surface area contributed by atoms with Crippen LogP contribution in [-0.4, -0.2) is 65.0 Å². The minimum atomic E-state index is -0.0405. The van der Waals surface area contributed by atoms with Gasteiger partial charge in [-0.25, -0.2) is 0 Å². The molecule has 1 amide bonds. The lowest BCUT2D eigenvalue weighted by Gasteiger charge is -2.37. The maximum atomic E-state index is 12.6. The molecule has 1 aliphatic carbocycles. The fourth-order valence-electron chi connectivity index (χ4n) is 4.56. The third-order valence-corrected chi connectivity index (χ3v) is 6.71. The van der Waals surface area contributed by atoms with Gasteiger partial charge >= 0.3 is 6.01 Å². The lowest BCUT2D eigenvalue weighted by Crippen LogP contribution is -2.47. The minimum Gasteiger partial charge on any atom is -0.453 e. The number of amides is 1. The van der Waals surface area contributed by atoms with Gasteiger partial charge < -0.3 is 20.3 Å². The van der Waals surface area contributed by atoms with Gasteiger partial charge in [0.05, 0.1) is 17.1 Å². The van der Waals surface area contributed by atoms with Crippen molar-refractivity contribution in [3.8, 4) is 6.01 Å². The first kappa shape index (κ1) is 27.7. The van der Waals surface area contributed by atoms with Gasteiger partial charge in [0.15, 0.2) is 6.61 Å². The second-order valence-electron chi connectivity index (χ2n) is 8.75. The van der Waals surface area contributed by atoms with E-state index in [0.29, 0.717) is 17.1 Å². The highest BCUT2D eigenvalue weighted by Crippen LogP contribution is 2.27. The van der Waals surface area contributed by atoms with Crippen LogP contribution in [0.3, 0.4) is 0 Å². The number of ether oxygens (including phenoxy) is 1. The second-order valence-corrected chi connectivity index (χ2v) is 8.75. The molecule has 1 aromatic rings. The molecule has 2 fully saturated rings. The van der Waals surface area contributed by atoms with E-state index in [1.165, 1.54) is 45.1 Å². The topological polar surface area (TPSA) is 84.6 Å². The molecule has 0 spiro atoms. The van der Waals surface area contributed by atoms with E-state index in [-0.39, 0.29) is 49.4 Å². The normalized spacial score (nSPS) is 18.0. The van der Waals surface area contributed by atoms with Gasteiger partial charge in [0.1, 0.15) is 0 Å². The van der Waals surface area contributed by atoms with E-state index in [9.17, 15) is 4.79 Å². The third-order valence-electron chi connectivity index (χ3n) is 6.71. The number of nitrogens with zero attached hydrogens (tertiary/aromatic N) is 4. The molecule has 1 saturated heterocycles. The molecule has 7 nitrogen and oxygen atoms in total. The number of rotatable bonds is 7. The van der Waals surface area contributed by atoms with Crippen LogP contribution in [0.1, 0.15) is 62.8 Å². The first-order valence-corrected chi connectivity index (χ1v) is 11.2. The van der Waals surface area contributed by atoms with Gasteiger partial charge in [-0.15, -0.1) is 24.8 Å². The molecule has 31 heavy (non-hydrogen) atoms. The molecule has 3 rings (SSSR count). The zero-order valence-corrected chi connectivity index (χ0v) is 20.8. The van der Waals surface area contributed by atoms with E-state index in [0.717, 1.165) is 31.8 Å². The Labute approximate surface area is 199 Å². The molecule has 0 unspecified atom stereocenters. The summed E-state index contributed by atoms with van der Waals surface area (Å²) in [6.45, 7) is 6.96. The van der Waals surface area contributed by atoms with Crippen molar-refractivity contribution in [2.75, 3.05) is 39.0 Å². The van der Waals surface area contributed by atoms with Gasteiger partial charge in [-0.2, -0.15) is 9.97 Å². The molecular formula is C22H39Cl2N5O2. The first-order valence-electron chi connectivity index (χ1n) is 11.2. The maximum absolute atomic E-state index is 12.6. The van der Waals surface area contributed by atoms with Crippen molar-refractivity contribution < 1.29 is 9.53 Å². The summed E-state index contributed by atoms with van der Waals surface area (Å²) in [5.74, 6) is 0.909. The number of carbonyl (C=O) groups excluding carboxylic acids is 1.